The van der Waals surface area contributed by atoms with Crippen LogP contribution >= 0.6 is 0 Å². The van der Waals surface area contributed by atoms with E-state index in [-0.39, 0.29) is 11.9 Å². The number of amides is 3. The van der Waals surface area contributed by atoms with Crippen LogP contribution in [0.4, 0.5) is 10.5 Å². The highest BCUT2D eigenvalue weighted by molar-refractivity contribution is 5.94. The fourth-order valence-corrected chi connectivity index (χ4v) is 2.89. The minimum Gasteiger partial charge on any atom is -0.336 e. The number of hydrogen-bond donors (Lipinski definition) is 2. The molecule has 3 rings (SSSR count). The van der Waals surface area contributed by atoms with E-state index in [2.05, 4.69) is 15.6 Å². The number of aryl methyl sites for hydroxylation is 2. The van der Waals surface area contributed by atoms with Crippen LogP contribution in [0.25, 0.3) is 0 Å². The highest BCUT2D eigenvalue weighted by Crippen LogP contribution is 2.16. The van der Waals surface area contributed by atoms with E-state index in [4.69, 9.17) is 0 Å². The maximum Gasteiger partial charge on any atom is 0.319 e. The molecule has 0 radical (unpaired) electrons. The smallest absolute Gasteiger partial charge is 0.319 e. The molecule has 0 spiro atoms. The molecule has 1 aromatic heterocycles. The van der Waals surface area contributed by atoms with Gasteiger partial charge in [0.05, 0.1) is 0 Å². The lowest BCUT2D eigenvalue weighted by Crippen LogP contribution is -2.43. The topological polar surface area (TPSA) is 74.3 Å². The standard InChI is InChI=1S/C19H22N4O2/c1-13-3-5-15(6-4-13)12-23-10-8-17(18(23)24)22-19(25)21-16-7-9-20-14(2)11-16/h3-7,9,11,17H,8,10,12H2,1-2H3,(H2,20,21,22,25)/t17-/m0/s1. The third kappa shape index (κ3) is 4.35. The van der Waals surface area contributed by atoms with Crippen LogP contribution in [0.5, 0.6) is 0 Å². The van der Waals surface area contributed by atoms with Gasteiger partial charge in [0, 0.05) is 30.7 Å². The zero-order valence-corrected chi connectivity index (χ0v) is 14.5. The second kappa shape index (κ2) is 7.34. The van der Waals surface area contributed by atoms with E-state index < -0.39 is 6.04 Å². The van der Waals surface area contributed by atoms with Crippen LogP contribution in [0.2, 0.25) is 0 Å². The molecular formula is C19H22N4O2. The van der Waals surface area contributed by atoms with E-state index in [1.807, 2.05) is 38.1 Å². The van der Waals surface area contributed by atoms with Crippen LogP contribution in [0.1, 0.15) is 23.2 Å². The van der Waals surface area contributed by atoms with Gasteiger partial charge in [-0.25, -0.2) is 4.79 Å². The first-order chi connectivity index (χ1) is 12.0. The molecule has 130 valence electrons. The van der Waals surface area contributed by atoms with E-state index in [9.17, 15) is 9.59 Å². The number of rotatable bonds is 4. The van der Waals surface area contributed by atoms with Crippen molar-refractivity contribution in [1.29, 1.82) is 0 Å². The van der Waals surface area contributed by atoms with Gasteiger partial charge in [-0.2, -0.15) is 0 Å². The van der Waals surface area contributed by atoms with E-state index in [0.29, 0.717) is 25.2 Å². The Kier molecular flexibility index (Phi) is 4.97. The van der Waals surface area contributed by atoms with Gasteiger partial charge in [-0.05, 0) is 38.0 Å². The van der Waals surface area contributed by atoms with Crippen molar-refractivity contribution in [2.75, 3.05) is 11.9 Å². The van der Waals surface area contributed by atoms with Gasteiger partial charge in [0.25, 0.3) is 0 Å². The molecule has 0 saturated carbocycles. The SMILES string of the molecule is Cc1ccc(CN2CC[C@H](NC(=O)Nc3ccnc(C)c3)C2=O)cc1. The van der Waals surface area contributed by atoms with E-state index in [1.54, 1.807) is 23.2 Å². The molecule has 2 heterocycles. The average molecular weight is 338 g/mol. The molecule has 6 heteroatoms. The van der Waals surface area contributed by atoms with Gasteiger partial charge in [0.2, 0.25) is 5.91 Å². The van der Waals surface area contributed by atoms with Gasteiger partial charge < -0.3 is 15.5 Å². The summed E-state index contributed by atoms with van der Waals surface area (Å²) in [7, 11) is 0. The van der Waals surface area contributed by atoms with Gasteiger partial charge in [-0.1, -0.05) is 29.8 Å². The Hall–Kier alpha value is -2.89. The summed E-state index contributed by atoms with van der Waals surface area (Å²) < 4.78 is 0. The van der Waals surface area contributed by atoms with Gasteiger partial charge in [0.1, 0.15) is 6.04 Å². The average Bonchev–Trinajstić information content (AvgIpc) is 2.90. The number of carbonyl (C=O) groups excluding carboxylic acids is 2. The number of urea groups is 1. The Labute approximate surface area is 147 Å². The lowest BCUT2D eigenvalue weighted by molar-refractivity contribution is -0.129. The number of benzene rings is 1. The number of aromatic nitrogens is 1. The van der Waals surface area contributed by atoms with E-state index >= 15 is 0 Å². The third-order valence-electron chi connectivity index (χ3n) is 4.25. The van der Waals surface area contributed by atoms with E-state index in [1.165, 1.54) is 5.56 Å². The molecule has 25 heavy (non-hydrogen) atoms. The summed E-state index contributed by atoms with van der Waals surface area (Å²) in [6, 6.07) is 10.8. The molecule has 1 aromatic carbocycles. The normalized spacial score (nSPS) is 16.8. The first kappa shape index (κ1) is 17.0. The van der Waals surface area contributed by atoms with Crippen molar-refractivity contribution in [2.24, 2.45) is 0 Å². The number of nitrogens with zero attached hydrogens (tertiary/aromatic N) is 2. The quantitative estimate of drug-likeness (QED) is 0.900. The van der Waals surface area contributed by atoms with Crippen molar-refractivity contribution < 1.29 is 9.59 Å². The summed E-state index contributed by atoms with van der Waals surface area (Å²) in [6.07, 6.45) is 2.25. The number of carbonyl (C=O) groups is 2. The molecule has 1 aliphatic heterocycles. The summed E-state index contributed by atoms with van der Waals surface area (Å²) in [6.45, 7) is 5.11. The highest BCUT2D eigenvalue weighted by Gasteiger charge is 2.32. The Morgan fingerprint density at radius 3 is 2.72 bits per heavy atom. The fraction of sp³-hybridized carbons (Fsp3) is 0.316. The van der Waals surface area contributed by atoms with Crippen molar-refractivity contribution in [1.82, 2.24) is 15.2 Å². The molecule has 6 nitrogen and oxygen atoms in total. The number of pyridine rings is 1. The molecule has 0 bridgehead atoms. The largest absolute Gasteiger partial charge is 0.336 e. The Bertz CT molecular complexity index is 773. The third-order valence-corrected chi connectivity index (χ3v) is 4.25. The molecule has 2 aromatic rings. The van der Waals surface area contributed by atoms with Crippen LogP contribution in [0.15, 0.2) is 42.6 Å². The van der Waals surface area contributed by atoms with Crippen molar-refractivity contribution >= 4 is 17.6 Å². The Balaban J connectivity index is 1.54. The summed E-state index contributed by atoms with van der Waals surface area (Å²) in [4.78, 5) is 30.5. The summed E-state index contributed by atoms with van der Waals surface area (Å²) >= 11 is 0. The lowest BCUT2D eigenvalue weighted by atomic mass is 10.1. The van der Waals surface area contributed by atoms with Crippen LogP contribution < -0.4 is 10.6 Å². The Morgan fingerprint density at radius 2 is 2.00 bits per heavy atom. The number of anilines is 1. The van der Waals surface area contributed by atoms with Crippen molar-refractivity contribution in [3.8, 4) is 0 Å². The molecule has 0 aliphatic carbocycles. The predicted octanol–water partition coefficient (Wildman–Crippen LogP) is 2.62. The van der Waals surface area contributed by atoms with Crippen molar-refractivity contribution in [3.05, 3.63) is 59.4 Å². The van der Waals surface area contributed by atoms with Gasteiger partial charge in [-0.3, -0.25) is 9.78 Å². The number of likely N-dealkylation sites (tertiary alicyclic amines) is 1. The zero-order valence-electron chi connectivity index (χ0n) is 14.5. The van der Waals surface area contributed by atoms with Crippen molar-refractivity contribution in [2.45, 2.75) is 32.9 Å². The van der Waals surface area contributed by atoms with Crippen LogP contribution in [0, 0.1) is 13.8 Å². The molecule has 0 unspecified atom stereocenters. The zero-order chi connectivity index (χ0) is 17.8. The monoisotopic (exact) mass is 338 g/mol. The molecule has 2 N–H and O–H groups in total. The maximum absolute atomic E-state index is 12.5. The van der Waals surface area contributed by atoms with E-state index in [0.717, 1.165) is 11.3 Å². The molecule has 1 aliphatic rings. The molecule has 3 amide bonds. The first-order valence-corrected chi connectivity index (χ1v) is 8.36. The lowest BCUT2D eigenvalue weighted by Gasteiger charge is -2.17. The van der Waals surface area contributed by atoms with Crippen molar-refractivity contribution in [3.63, 3.8) is 0 Å². The maximum atomic E-state index is 12.5. The first-order valence-electron chi connectivity index (χ1n) is 8.36. The van der Waals surface area contributed by atoms with Gasteiger partial charge in [-0.15, -0.1) is 0 Å². The van der Waals surface area contributed by atoms with Crippen LogP contribution in [-0.2, 0) is 11.3 Å². The summed E-state index contributed by atoms with van der Waals surface area (Å²) in [5, 5.41) is 5.50. The fourth-order valence-electron chi connectivity index (χ4n) is 2.89. The van der Waals surface area contributed by atoms with Gasteiger partial charge in [0.15, 0.2) is 0 Å². The van der Waals surface area contributed by atoms with Crippen LogP contribution in [-0.4, -0.2) is 34.4 Å². The summed E-state index contributed by atoms with van der Waals surface area (Å²) in [5.74, 6) is -0.0402. The second-order valence-corrected chi connectivity index (χ2v) is 6.37. The molecule has 1 atom stereocenters. The predicted molar refractivity (Wildman–Crippen MR) is 96.1 cm³/mol. The molecular weight excluding hydrogens is 316 g/mol. The Morgan fingerprint density at radius 1 is 1.24 bits per heavy atom. The number of hydrogen-bond acceptors (Lipinski definition) is 3. The highest BCUT2D eigenvalue weighted by atomic mass is 16.2. The minimum atomic E-state index is -0.478. The van der Waals surface area contributed by atoms with Gasteiger partial charge >= 0.3 is 6.03 Å². The number of nitrogens with one attached hydrogen (secondary N) is 2. The summed E-state index contributed by atoms with van der Waals surface area (Å²) in [5.41, 5.74) is 3.77. The second-order valence-electron chi connectivity index (χ2n) is 6.37. The molecule has 1 saturated heterocycles. The van der Waals surface area contributed by atoms with Crippen LogP contribution in [0.3, 0.4) is 0 Å². The molecule has 1 fully saturated rings. The minimum absolute atomic E-state index is 0.0402.